The summed E-state index contributed by atoms with van der Waals surface area (Å²) in [7, 11) is 0. The SMILES string of the molecule is O=C(NC1CCN(c2ccccn2)CC1)N1CCCC(CO)C1. The van der Waals surface area contributed by atoms with Crippen LogP contribution in [0.25, 0.3) is 0 Å². The van der Waals surface area contributed by atoms with Gasteiger partial charge in [0.05, 0.1) is 0 Å². The van der Waals surface area contributed by atoms with Gasteiger partial charge in [-0.25, -0.2) is 9.78 Å². The molecule has 23 heavy (non-hydrogen) atoms. The molecule has 0 radical (unpaired) electrons. The van der Waals surface area contributed by atoms with Crippen molar-refractivity contribution < 1.29 is 9.90 Å². The van der Waals surface area contributed by atoms with Crippen molar-refractivity contribution in [1.82, 2.24) is 15.2 Å². The third kappa shape index (κ3) is 4.13. The van der Waals surface area contributed by atoms with Gasteiger partial charge in [0.15, 0.2) is 0 Å². The number of nitrogens with zero attached hydrogens (tertiary/aromatic N) is 3. The molecule has 0 bridgehead atoms. The minimum atomic E-state index is 0.0273. The molecule has 1 aromatic heterocycles. The summed E-state index contributed by atoms with van der Waals surface area (Å²) in [6, 6.07) is 6.22. The van der Waals surface area contributed by atoms with Crippen LogP contribution in [-0.4, -0.2) is 59.8 Å². The van der Waals surface area contributed by atoms with Gasteiger partial charge in [-0.05, 0) is 43.7 Å². The van der Waals surface area contributed by atoms with Gasteiger partial charge < -0.3 is 20.2 Å². The number of carbonyl (C=O) groups is 1. The molecule has 6 heteroatoms. The Labute approximate surface area is 137 Å². The van der Waals surface area contributed by atoms with E-state index in [9.17, 15) is 9.90 Å². The lowest BCUT2D eigenvalue weighted by Gasteiger charge is -2.36. The highest BCUT2D eigenvalue weighted by Crippen LogP contribution is 2.19. The number of urea groups is 1. The molecule has 1 aromatic rings. The summed E-state index contributed by atoms with van der Waals surface area (Å²) in [5, 5.41) is 12.4. The molecular weight excluding hydrogens is 292 g/mol. The Hall–Kier alpha value is -1.82. The van der Waals surface area contributed by atoms with Gasteiger partial charge in [-0.15, -0.1) is 0 Å². The number of nitrogens with one attached hydrogen (secondary N) is 1. The largest absolute Gasteiger partial charge is 0.396 e. The quantitative estimate of drug-likeness (QED) is 0.885. The van der Waals surface area contributed by atoms with E-state index in [0.717, 1.165) is 51.1 Å². The maximum atomic E-state index is 12.4. The first-order chi connectivity index (χ1) is 11.3. The fourth-order valence-electron chi connectivity index (χ4n) is 3.46. The summed E-state index contributed by atoms with van der Waals surface area (Å²) in [5.41, 5.74) is 0. The van der Waals surface area contributed by atoms with E-state index < -0.39 is 0 Å². The number of rotatable bonds is 3. The number of hydrogen-bond donors (Lipinski definition) is 2. The van der Waals surface area contributed by atoms with E-state index in [-0.39, 0.29) is 24.6 Å². The van der Waals surface area contributed by atoms with Gasteiger partial charge in [0, 0.05) is 45.0 Å². The Kier molecular flexibility index (Phi) is 5.33. The molecule has 3 rings (SSSR count). The summed E-state index contributed by atoms with van der Waals surface area (Å²) in [6.45, 7) is 3.49. The minimum absolute atomic E-state index is 0.0273. The van der Waals surface area contributed by atoms with Gasteiger partial charge in [0.2, 0.25) is 0 Å². The number of piperidine rings is 2. The lowest BCUT2D eigenvalue weighted by atomic mass is 9.99. The van der Waals surface area contributed by atoms with Gasteiger partial charge in [-0.2, -0.15) is 0 Å². The highest BCUT2D eigenvalue weighted by molar-refractivity contribution is 5.74. The summed E-state index contributed by atoms with van der Waals surface area (Å²) in [5.74, 6) is 1.25. The Morgan fingerprint density at radius 1 is 1.26 bits per heavy atom. The predicted molar refractivity (Wildman–Crippen MR) is 89.4 cm³/mol. The third-order valence-corrected chi connectivity index (χ3v) is 4.86. The Bertz CT molecular complexity index is 503. The first-order valence-electron chi connectivity index (χ1n) is 8.58. The number of pyridine rings is 1. The molecule has 1 unspecified atom stereocenters. The molecule has 6 nitrogen and oxygen atoms in total. The highest BCUT2D eigenvalue weighted by Gasteiger charge is 2.26. The fraction of sp³-hybridized carbons (Fsp3) is 0.647. The van der Waals surface area contributed by atoms with Crippen LogP contribution in [0.4, 0.5) is 10.6 Å². The van der Waals surface area contributed by atoms with Crippen molar-refractivity contribution in [3.8, 4) is 0 Å². The Morgan fingerprint density at radius 2 is 2.09 bits per heavy atom. The van der Waals surface area contributed by atoms with Crippen molar-refractivity contribution in [3.05, 3.63) is 24.4 Å². The van der Waals surface area contributed by atoms with E-state index in [1.807, 2.05) is 29.3 Å². The van der Waals surface area contributed by atoms with E-state index in [1.165, 1.54) is 0 Å². The van der Waals surface area contributed by atoms with E-state index >= 15 is 0 Å². The van der Waals surface area contributed by atoms with Crippen LogP contribution in [0, 0.1) is 5.92 Å². The van der Waals surface area contributed by atoms with Crippen LogP contribution in [0.5, 0.6) is 0 Å². The average Bonchev–Trinajstić information content (AvgIpc) is 2.63. The van der Waals surface area contributed by atoms with E-state index in [2.05, 4.69) is 15.2 Å². The van der Waals surface area contributed by atoms with Crippen molar-refractivity contribution in [2.75, 3.05) is 37.7 Å². The zero-order valence-electron chi connectivity index (χ0n) is 13.5. The molecule has 2 aliphatic heterocycles. The lowest BCUT2D eigenvalue weighted by molar-refractivity contribution is 0.127. The summed E-state index contributed by atoms with van der Waals surface area (Å²) >= 11 is 0. The van der Waals surface area contributed by atoms with Crippen molar-refractivity contribution >= 4 is 11.8 Å². The summed E-state index contributed by atoms with van der Waals surface area (Å²) < 4.78 is 0. The maximum Gasteiger partial charge on any atom is 0.317 e. The van der Waals surface area contributed by atoms with E-state index in [1.54, 1.807) is 0 Å². The lowest BCUT2D eigenvalue weighted by Crippen LogP contribution is -2.51. The van der Waals surface area contributed by atoms with Crippen LogP contribution in [0.15, 0.2) is 24.4 Å². The monoisotopic (exact) mass is 318 g/mol. The minimum Gasteiger partial charge on any atom is -0.396 e. The van der Waals surface area contributed by atoms with Crippen molar-refractivity contribution in [2.45, 2.75) is 31.7 Å². The molecule has 3 heterocycles. The number of hydrogen-bond acceptors (Lipinski definition) is 4. The van der Waals surface area contributed by atoms with Crippen molar-refractivity contribution in [3.63, 3.8) is 0 Å². The Morgan fingerprint density at radius 3 is 2.78 bits per heavy atom. The van der Waals surface area contributed by atoms with Gasteiger partial charge in [-0.3, -0.25) is 0 Å². The van der Waals surface area contributed by atoms with Crippen molar-refractivity contribution in [1.29, 1.82) is 0 Å². The number of anilines is 1. The number of likely N-dealkylation sites (tertiary alicyclic amines) is 1. The van der Waals surface area contributed by atoms with Crippen LogP contribution in [0.3, 0.4) is 0 Å². The molecule has 2 N–H and O–H groups in total. The van der Waals surface area contributed by atoms with Crippen LogP contribution < -0.4 is 10.2 Å². The van der Waals surface area contributed by atoms with E-state index in [0.29, 0.717) is 6.54 Å². The highest BCUT2D eigenvalue weighted by atomic mass is 16.3. The zero-order chi connectivity index (χ0) is 16.1. The average molecular weight is 318 g/mol. The number of aliphatic hydroxyl groups excluding tert-OH is 1. The van der Waals surface area contributed by atoms with Crippen LogP contribution in [0.1, 0.15) is 25.7 Å². The molecule has 2 saturated heterocycles. The number of aromatic nitrogens is 1. The van der Waals surface area contributed by atoms with Crippen LogP contribution in [-0.2, 0) is 0 Å². The van der Waals surface area contributed by atoms with Gasteiger partial charge in [0.1, 0.15) is 5.82 Å². The molecule has 1 atom stereocenters. The number of carbonyl (C=O) groups excluding carboxylic acids is 1. The standard InChI is InChI=1S/C17H26N4O2/c22-13-14-4-3-9-21(12-14)17(23)19-15-6-10-20(11-7-15)16-5-1-2-8-18-16/h1-2,5,8,14-15,22H,3-4,6-7,9-13H2,(H,19,23). The second-order valence-corrected chi connectivity index (χ2v) is 6.54. The molecule has 126 valence electrons. The number of aliphatic hydroxyl groups is 1. The molecule has 0 aromatic carbocycles. The van der Waals surface area contributed by atoms with Crippen molar-refractivity contribution in [2.24, 2.45) is 5.92 Å². The van der Waals surface area contributed by atoms with Crippen LogP contribution in [0.2, 0.25) is 0 Å². The molecule has 0 saturated carbocycles. The molecule has 0 spiro atoms. The molecule has 2 fully saturated rings. The second kappa shape index (κ2) is 7.64. The summed E-state index contributed by atoms with van der Waals surface area (Å²) in [6.07, 6.45) is 5.70. The third-order valence-electron chi connectivity index (χ3n) is 4.86. The Balaban J connectivity index is 1.46. The number of amides is 2. The predicted octanol–water partition coefficient (Wildman–Crippen LogP) is 1.46. The zero-order valence-corrected chi connectivity index (χ0v) is 13.5. The first-order valence-corrected chi connectivity index (χ1v) is 8.58. The topological polar surface area (TPSA) is 68.7 Å². The molecule has 2 amide bonds. The van der Waals surface area contributed by atoms with Gasteiger partial charge in [0.25, 0.3) is 0 Å². The second-order valence-electron chi connectivity index (χ2n) is 6.54. The molecule has 2 aliphatic rings. The molecular formula is C17H26N4O2. The van der Waals surface area contributed by atoms with Gasteiger partial charge >= 0.3 is 6.03 Å². The van der Waals surface area contributed by atoms with E-state index in [4.69, 9.17) is 0 Å². The maximum absolute atomic E-state index is 12.4. The first kappa shape index (κ1) is 16.1. The summed E-state index contributed by atoms with van der Waals surface area (Å²) in [4.78, 5) is 20.9. The smallest absolute Gasteiger partial charge is 0.317 e. The van der Waals surface area contributed by atoms with Gasteiger partial charge in [-0.1, -0.05) is 6.07 Å². The fourth-order valence-corrected chi connectivity index (χ4v) is 3.46. The van der Waals surface area contributed by atoms with Crippen LogP contribution >= 0.6 is 0 Å². The normalized spacial score (nSPS) is 22.9. The molecule has 0 aliphatic carbocycles.